The summed E-state index contributed by atoms with van der Waals surface area (Å²) in [6, 6.07) is 2.81. The number of halogens is 1. The largest absolute Gasteiger partial charge is 0.372 e. The van der Waals surface area contributed by atoms with E-state index in [2.05, 4.69) is 15.9 Å². The molecule has 6 heteroatoms. The Morgan fingerprint density at radius 1 is 1.47 bits per heavy atom. The van der Waals surface area contributed by atoms with Crippen LogP contribution in [0.15, 0.2) is 16.6 Å². The summed E-state index contributed by atoms with van der Waals surface area (Å²) < 4.78 is 0.548. The first-order valence-electron chi connectivity index (χ1n) is 4.07. The fourth-order valence-electron chi connectivity index (χ4n) is 1.16. The fourth-order valence-corrected chi connectivity index (χ4v) is 1.59. The molecule has 0 amide bonds. The van der Waals surface area contributed by atoms with Crippen LogP contribution < -0.4 is 4.90 Å². The van der Waals surface area contributed by atoms with Crippen LogP contribution in [0.4, 0.5) is 11.4 Å². The molecular formula is C9H9BrN2O3. The molecule has 0 fully saturated rings. The number of nitrogens with zero attached hydrogens (tertiary/aromatic N) is 2. The number of hydrogen-bond donors (Lipinski definition) is 0. The van der Waals surface area contributed by atoms with Crippen molar-refractivity contribution < 1.29 is 9.72 Å². The van der Waals surface area contributed by atoms with Crippen LogP contribution in [0.2, 0.25) is 0 Å². The van der Waals surface area contributed by atoms with Crippen molar-refractivity contribution in [1.82, 2.24) is 0 Å². The first kappa shape index (κ1) is 11.6. The number of aldehydes is 1. The van der Waals surface area contributed by atoms with Crippen LogP contribution in [-0.4, -0.2) is 25.3 Å². The third-order valence-electron chi connectivity index (χ3n) is 1.90. The molecule has 0 aliphatic carbocycles. The molecule has 15 heavy (non-hydrogen) atoms. The van der Waals surface area contributed by atoms with Gasteiger partial charge in [0.1, 0.15) is 5.69 Å². The number of rotatable bonds is 3. The third kappa shape index (κ3) is 2.33. The Morgan fingerprint density at radius 3 is 2.47 bits per heavy atom. The van der Waals surface area contributed by atoms with Gasteiger partial charge in [-0.1, -0.05) is 0 Å². The molecule has 0 aliphatic rings. The van der Waals surface area contributed by atoms with Crippen LogP contribution in [-0.2, 0) is 0 Å². The first-order valence-corrected chi connectivity index (χ1v) is 4.87. The second-order valence-corrected chi connectivity index (χ2v) is 3.99. The summed E-state index contributed by atoms with van der Waals surface area (Å²) in [6.07, 6.45) is 0.580. The van der Waals surface area contributed by atoms with Gasteiger partial charge in [0.2, 0.25) is 0 Å². The normalized spacial score (nSPS) is 9.80. The molecular weight excluding hydrogens is 264 g/mol. The number of carbonyl (C=O) groups excluding carboxylic acids is 1. The van der Waals surface area contributed by atoms with E-state index in [0.717, 1.165) is 0 Å². The zero-order valence-corrected chi connectivity index (χ0v) is 9.82. The van der Waals surface area contributed by atoms with E-state index in [1.807, 2.05) is 0 Å². The molecule has 0 radical (unpaired) electrons. The van der Waals surface area contributed by atoms with Gasteiger partial charge in [0, 0.05) is 30.2 Å². The standard InChI is InChI=1S/C9H9BrN2O3/c1-11(2)8-4-7(10)6(5-13)3-9(8)12(14)15/h3-5H,1-2H3. The minimum atomic E-state index is -0.505. The molecule has 1 aromatic carbocycles. The van der Waals surface area contributed by atoms with Crippen molar-refractivity contribution >= 4 is 33.6 Å². The van der Waals surface area contributed by atoms with E-state index in [4.69, 9.17) is 0 Å². The highest BCUT2D eigenvalue weighted by atomic mass is 79.9. The Bertz CT molecular complexity index is 418. The highest BCUT2D eigenvalue weighted by molar-refractivity contribution is 9.10. The fraction of sp³-hybridized carbons (Fsp3) is 0.222. The number of anilines is 1. The molecule has 5 nitrogen and oxygen atoms in total. The summed E-state index contributed by atoms with van der Waals surface area (Å²) in [7, 11) is 3.41. The van der Waals surface area contributed by atoms with Crippen molar-refractivity contribution in [3.63, 3.8) is 0 Å². The molecule has 80 valence electrons. The van der Waals surface area contributed by atoms with Crippen molar-refractivity contribution in [3.8, 4) is 0 Å². The maximum absolute atomic E-state index is 10.8. The minimum absolute atomic E-state index is 0.0784. The van der Waals surface area contributed by atoms with Crippen LogP contribution in [0, 0.1) is 10.1 Å². The predicted molar refractivity (Wildman–Crippen MR) is 60.5 cm³/mol. The van der Waals surface area contributed by atoms with Gasteiger partial charge in [-0.05, 0) is 22.0 Å². The van der Waals surface area contributed by atoms with Crippen molar-refractivity contribution in [2.24, 2.45) is 0 Å². The highest BCUT2D eigenvalue weighted by Crippen LogP contribution is 2.32. The van der Waals surface area contributed by atoms with Gasteiger partial charge in [0.15, 0.2) is 6.29 Å². The second kappa shape index (κ2) is 4.39. The van der Waals surface area contributed by atoms with E-state index in [1.165, 1.54) is 6.07 Å². The zero-order chi connectivity index (χ0) is 11.6. The number of hydrogen-bond acceptors (Lipinski definition) is 4. The SMILES string of the molecule is CN(C)c1cc(Br)c(C=O)cc1[N+](=O)[O-]. The lowest BCUT2D eigenvalue weighted by molar-refractivity contribution is -0.384. The molecule has 0 aromatic heterocycles. The van der Waals surface area contributed by atoms with Gasteiger partial charge in [-0.15, -0.1) is 0 Å². The molecule has 0 saturated carbocycles. The van der Waals surface area contributed by atoms with Crippen LogP contribution in [0.1, 0.15) is 10.4 Å². The zero-order valence-electron chi connectivity index (χ0n) is 8.23. The summed E-state index contributed by atoms with van der Waals surface area (Å²) in [5.74, 6) is 0. The smallest absolute Gasteiger partial charge is 0.293 e. The Morgan fingerprint density at radius 2 is 2.07 bits per heavy atom. The summed E-state index contributed by atoms with van der Waals surface area (Å²) in [4.78, 5) is 22.5. The average molecular weight is 273 g/mol. The maximum Gasteiger partial charge on any atom is 0.293 e. The molecule has 0 aliphatic heterocycles. The summed E-state index contributed by atoms with van der Waals surface area (Å²) in [6.45, 7) is 0. The van der Waals surface area contributed by atoms with Crippen LogP contribution in [0.3, 0.4) is 0 Å². The first-order chi connectivity index (χ1) is 6.97. The molecule has 0 bridgehead atoms. The molecule has 0 spiro atoms. The molecule has 0 atom stereocenters. The Hall–Kier alpha value is -1.43. The maximum atomic E-state index is 10.8. The topological polar surface area (TPSA) is 63.5 Å². The lowest BCUT2D eigenvalue weighted by Gasteiger charge is -2.13. The van der Waals surface area contributed by atoms with Crippen molar-refractivity contribution in [2.45, 2.75) is 0 Å². The minimum Gasteiger partial charge on any atom is -0.372 e. The van der Waals surface area contributed by atoms with Gasteiger partial charge < -0.3 is 4.90 Å². The van der Waals surface area contributed by atoms with Crippen molar-refractivity contribution in [3.05, 3.63) is 32.3 Å². The third-order valence-corrected chi connectivity index (χ3v) is 2.59. The molecule has 1 aromatic rings. The summed E-state index contributed by atoms with van der Waals surface area (Å²) in [5.41, 5.74) is 0.648. The van der Waals surface area contributed by atoms with Gasteiger partial charge >= 0.3 is 0 Å². The summed E-state index contributed by atoms with van der Waals surface area (Å²) >= 11 is 3.18. The molecule has 0 unspecified atom stereocenters. The van der Waals surface area contributed by atoms with Crippen molar-refractivity contribution in [2.75, 3.05) is 19.0 Å². The van der Waals surface area contributed by atoms with E-state index in [9.17, 15) is 14.9 Å². The van der Waals surface area contributed by atoms with Crippen LogP contribution in [0.5, 0.6) is 0 Å². The van der Waals surface area contributed by atoms with E-state index >= 15 is 0 Å². The molecule has 0 heterocycles. The quantitative estimate of drug-likeness (QED) is 0.481. The Labute approximate surface area is 95.0 Å². The van der Waals surface area contributed by atoms with Crippen molar-refractivity contribution in [1.29, 1.82) is 0 Å². The van der Waals surface area contributed by atoms with Gasteiger partial charge in [-0.3, -0.25) is 14.9 Å². The van der Waals surface area contributed by atoms with Crippen LogP contribution in [0.25, 0.3) is 0 Å². The van der Waals surface area contributed by atoms with Gasteiger partial charge in [-0.2, -0.15) is 0 Å². The predicted octanol–water partition coefficient (Wildman–Crippen LogP) is 2.24. The van der Waals surface area contributed by atoms with E-state index in [1.54, 1.807) is 25.1 Å². The average Bonchev–Trinajstić information content (AvgIpc) is 2.16. The number of nitro groups is 1. The second-order valence-electron chi connectivity index (χ2n) is 3.13. The van der Waals surface area contributed by atoms with E-state index < -0.39 is 4.92 Å². The van der Waals surface area contributed by atoms with Gasteiger partial charge in [0.05, 0.1) is 4.92 Å². The summed E-state index contributed by atoms with van der Waals surface area (Å²) in [5, 5.41) is 10.8. The molecule has 0 saturated heterocycles. The molecule has 1 rings (SSSR count). The number of benzene rings is 1. The lowest BCUT2D eigenvalue weighted by Crippen LogP contribution is -2.11. The highest BCUT2D eigenvalue weighted by Gasteiger charge is 2.18. The molecule has 0 N–H and O–H groups in total. The lowest BCUT2D eigenvalue weighted by atomic mass is 10.2. The Balaban J connectivity index is 3.45. The van der Waals surface area contributed by atoms with E-state index in [-0.39, 0.29) is 11.3 Å². The van der Waals surface area contributed by atoms with Gasteiger partial charge in [0.25, 0.3) is 5.69 Å². The Kier molecular flexibility index (Phi) is 3.41. The number of carbonyl (C=O) groups is 1. The number of nitro benzene ring substituents is 1. The van der Waals surface area contributed by atoms with Crippen LogP contribution >= 0.6 is 15.9 Å². The monoisotopic (exact) mass is 272 g/mol. The van der Waals surface area contributed by atoms with Gasteiger partial charge in [-0.25, -0.2) is 0 Å². The van der Waals surface area contributed by atoms with E-state index in [0.29, 0.717) is 16.4 Å².